The molecule has 2 saturated heterocycles. The van der Waals surface area contributed by atoms with E-state index in [1.807, 2.05) is 6.07 Å². The fraction of sp³-hybridized carbons (Fsp3) is 0.459. The van der Waals surface area contributed by atoms with Gasteiger partial charge in [0.05, 0.1) is 19.3 Å². The SMILES string of the molecule is Br.COC[C@@H](C(=O)N(C)[C@H](C)C(=O)N1[C@H](C(=O)O)CCCN1C(=O)OCc1ccccc1)N(OCc1ccccc1)C(=O)[C@H]1CCCN(C(=O)OCc2ccccc2)N1C(=O)[C@@H](NC(=O)OCC(Cl)(Cl)Cl)[C@@H](OC(=O)[C@H](N)[C@H](C)OCc1ccccc1)C(C)C. The van der Waals surface area contributed by atoms with Crippen molar-refractivity contribution in [3.05, 3.63) is 144 Å². The Bertz CT molecular complexity index is 3020. The minimum atomic E-state index is -2.16. The Balaban J connectivity index is 0.0000147. The van der Waals surface area contributed by atoms with Crippen molar-refractivity contribution >= 4 is 106 Å². The number of carbonyl (C=O) groups excluding carboxylic acids is 8. The summed E-state index contributed by atoms with van der Waals surface area (Å²) in [6, 6.07) is 24.2. The van der Waals surface area contributed by atoms with Crippen LogP contribution in [0.1, 0.15) is 75.6 Å². The van der Waals surface area contributed by atoms with Gasteiger partial charge in [-0.1, -0.05) is 170 Å². The molecule has 8 atom stereocenters. The number of carboxylic acid groups (broad SMARTS) is 1. The Morgan fingerprint density at radius 1 is 0.667 bits per heavy atom. The molecule has 490 valence electrons. The second-order valence-electron chi connectivity index (χ2n) is 21.4. The van der Waals surface area contributed by atoms with E-state index in [0.717, 1.165) is 25.5 Å². The number of alkyl carbamates (subject to hydrolysis) is 1. The van der Waals surface area contributed by atoms with Crippen molar-refractivity contribution in [1.29, 1.82) is 0 Å². The molecule has 6 rings (SSSR count). The number of nitrogens with one attached hydrogen (secondary N) is 1. The van der Waals surface area contributed by atoms with E-state index in [9.17, 15) is 33.9 Å². The topological polar surface area (TPSA) is 296 Å². The van der Waals surface area contributed by atoms with Crippen LogP contribution in [-0.4, -0.2) is 182 Å². The quantitative estimate of drug-likeness (QED) is 0.0237. The molecule has 4 aromatic rings. The zero-order valence-corrected chi connectivity index (χ0v) is 54.5. The number of halogens is 4. The predicted molar refractivity (Wildman–Crippen MR) is 332 cm³/mol. The molecule has 0 bridgehead atoms. The van der Waals surface area contributed by atoms with Crippen molar-refractivity contribution in [3.8, 4) is 0 Å². The number of benzene rings is 4. The molecule has 0 unspecified atom stereocenters. The molecule has 0 saturated carbocycles. The summed E-state index contributed by atoms with van der Waals surface area (Å²) >= 11 is 17.9. The zero-order chi connectivity index (χ0) is 65.0. The normalized spacial score (nSPS) is 17.0. The number of nitrogens with zero attached hydrogens (tertiary/aromatic N) is 6. The number of amides is 7. The molecule has 29 heteroatoms. The maximum atomic E-state index is 16.0. The third kappa shape index (κ3) is 20.6. The Kier molecular flexibility index (Phi) is 28.8. The molecule has 7 amide bonds. The monoisotopic (exact) mass is 1380 g/mol. The Labute approximate surface area is 547 Å². The summed E-state index contributed by atoms with van der Waals surface area (Å²) in [6.07, 6.45) is -6.40. The lowest BCUT2D eigenvalue weighted by Crippen LogP contribution is -2.69. The fourth-order valence-corrected chi connectivity index (χ4v) is 9.77. The number of carboxylic acids is 1. The number of alkyl halides is 3. The molecular formula is C61H76BrCl3N8O17. The molecule has 2 fully saturated rings. The number of carbonyl (C=O) groups is 9. The summed E-state index contributed by atoms with van der Waals surface area (Å²) < 4.78 is 31.9. The highest BCUT2D eigenvalue weighted by Gasteiger charge is 2.51. The molecular weight excluding hydrogens is 1300 g/mol. The number of ether oxygens (including phenoxy) is 6. The number of esters is 1. The third-order valence-electron chi connectivity index (χ3n) is 14.5. The van der Waals surface area contributed by atoms with E-state index in [4.69, 9.17) is 73.8 Å². The van der Waals surface area contributed by atoms with Gasteiger partial charge in [0.25, 0.3) is 23.6 Å². The second kappa shape index (κ2) is 35.3. The van der Waals surface area contributed by atoms with E-state index in [1.54, 1.807) is 129 Å². The van der Waals surface area contributed by atoms with Crippen LogP contribution in [0.4, 0.5) is 14.4 Å². The van der Waals surface area contributed by atoms with E-state index in [1.165, 1.54) is 28.0 Å². The highest BCUT2D eigenvalue weighted by molar-refractivity contribution is 8.93. The van der Waals surface area contributed by atoms with Gasteiger partial charge in [-0.15, -0.1) is 17.0 Å². The van der Waals surface area contributed by atoms with Gasteiger partial charge >= 0.3 is 30.2 Å². The lowest BCUT2D eigenvalue weighted by atomic mass is 9.96. The molecule has 2 aliphatic rings. The number of hydrazine groups is 2. The molecule has 90 heavy (non-hydrogen) atoms. The molecule has 4 aromatic carbocycles. The van der Waals surface area contributed by atoms with E-state index in [-0.39, 0.29) is 75.6 Å². The van der Waals surface area contributed by atoms with Gasteiger partial charge in [0, 0.05) is 27.2 Å². The van der Waals surface area contributed by atoms with Gasteiger partial charge in [-0.05, 0) is 67.7 Å². The molecule has 0 radical (unpaired) electrons. The molecule has 25 nitrogen and oxygen atoms in total. The Hall–Kier alpha value is -7.30. The van der Waals surface area contributed by atoms with Crippen LogP contribution in [0.15, 0.2) is 121 Å². The fourth-order valence-electron chi connectivity index (χ4n) is 9.61. The summed E-state index contributed by atoms with van der Waals surface area (Å²) in [4.78, 5) is 139. The minimum absolute atomic E-state index is 0. The van der Waals surface area contributed by atoms with Crippen molar-refractivity contribution in [1.82, 2.24) is 35.3 Å². The molecule has 4 N–H and O–H groups in total. The largest absolute Gasteiger partial charge is 0.480 e. The van der Waals surface area contributed by atoms with Gasteiger partial charge in [0.2, 0.25) is 3.79 Å². The maximum absolute atomic E-state index is 16.0. The summed E-state index contributed by atoms with van der Waals surface area (Å²) in [7, 11) is 2.42. The Morgan fingerprint density at radius 3 is 1.58 bits per heavy atom. The number of hydrogen-bond acceptors (Lipinski definition) is 17. The average molecular weight is 1380 g/mol. The van der Waals surface area contributed by atoms with Crippen LogP contribution in [0, 0.1) is 5.92 Å². The number of hydroxylamine groups is 2. The molecule has 0 spiro atoms. The van der Waals surface area contributed by atoms with Crippen molar-refractivity contribution in [2.45, 2.75) is 132 Å². The third-order valence-corrected chi connectivity index (χ3v) is 14.9. The summed E-state index contributed by atoms with van der Waals surface area (Å²) in [6.45, 7) is 3.12. The first-order valence-corrected chi connectivity index (χ1v) is 29.8. The molecule has 0 aliphatic carbocycles. The van der Waals surface area contributed by atoms with Gasteiger partial charge in [-0.2, -0.15) is 0 Å². The van der Waals surface area contributed by atoms with Crippen LogP contribution in [0.25, 0.3) is 0 Å². The van der Waals surface area contributed by atoms with E-state index in [0.29, 0.717) is 26.8 Å². The number of likely N-dealkylation sites (N-methyl/N-ethyl adjacent to an activating group) is 1. The van der Waals surface area contributed by atoms with Gasteiger partial charge in [-0.3, -0.25) is 28.8 Å². The highest BCUT2D eigenvalue weighted by atomic mass is 79.9. The second-order valence-corrected chi connectivity index (χ2v) is 23.9. The average Bonchev–Trinajstić information content (AvgIpc) is 0.829. The van der Waals surface area contributed by atoms with Gasteiger partial charge in [-0.25, -0.2) is 44.3 Å². The molecule has 2 heterocycles. The van der Waals surface area contributed by atoms with Crippen LogP contribution < -0.4 is 11.1 Å². The van der Waals surface area contributed by atoms with Crippen LogP contribution in [0.2, 0.25) is 0 Å². The van der Waals surface area contributed by atoms with Crippen molar-refractivity contribution in [2.24, 2.45) is 11.7 Å². The van der Waals surface area contributed by atoms with Crippen molar-refractivity contribution in [3.63, 3.8) is 0 Å². The zero-order valence-electron chi connectivity index (χ0n) is 50.5. The van der Waals surface area contributed by atoms with Crippen LogP contribution >= 0.6 is 51.8 Å². The number of methoxy groups -OCH3 is 1. The van der Waals surface area contributed by atoms with Gasteiger partial charge in [0.15, 0.2) is 18.1 Å². The maximum Gasteiger partial charge on any atom is 0.429 e. The summed E-state index contributed by atoms with van der Waals surface area (Å²) in [5, 5.41) is 16.6. The predicted octanol–water partition coefficient (Wildman–Crippen LogP) is 7.53. The lowest BCUT2D eigenvalue weighted by Gasteiger charge is -2.46. The van der Waals surface area contributed by atoms with E-state index >= 15 is 14.4 Å². The number of aliphatic carboxylic acids is 1. The minimum Gasteiger partial charge on any atom is -0.480 e. The Morgan fingerprint density at radius 2 is 1.12 bits per heavy atom. The molecule has 2 aliphatic heterocycles. The van der Waals surface area contributed by atoms with Gasteiger partial charge in [0.1, 0.15) is 50.7 Å². The first kappa shape index (κ1) is 73.4. The lowest BCUT2D eigenvalue weighted by molar-refractivity contribution is -0.224. The van der Waals surface area contributed by atoms with Crippen molar-refractivity contribution < 1.29 is 81.5 Å². The molecule has 0 aromatic heterocycles. The van der Waals surface area contributed by atoms with Crippen LogP contribution in [0.3, 0.4) is 0 Å². The van der Waals surface area contributed by atoms with Crippen LogP contribution in [0.5, 0.6) is 0 Å². The first-order chi connectivity index (χ1) is 42.4. The highest BCUT2D eigenvalue weighted by Crippen LogP contribution is 2.30. The number of rotatable bonds is 26. The summed E-state index contributed by atoms with van der Waals surface area (Å²) in [5.41, 5.74) is 8.85. The first-order valence-electron chi connectivity index (χ1n) is 28.6. The van der Waals surface area contributed by atoms with E-state index in [2.05, 4.69) is 5.32 Å². The van der Waals surface area contributed by atoms with E-state index < -0.39 is 132 Å². The van der Waals surface area contributed by atoms with Gasteiger partial charge < -0.3 is 49.5 Å². The summed E-state index contributed by atoms with van der Waals surface area (Å²) in [5.74, 6) is -7.88. The van der Waals surface area contributed by atoms with Crippen molar-refractivity contribution in [2.75, 3.05) is 40.5 Å². The standard InChI is InChI=1S/C61H75Cl3N8O17.BrH/c1-39(2)51(89-57(79)49(65)41(4)84-33-42-21-11-7-12-22-42)50(66-58(80)87-38-61(62,63)64)55(76)70-46(29-19-31-68(70)59(81)85-34-43-23-13-8-14-24-43)54(75)72(88-36-45-27-17-10-18-28-45)48(37-83-6)53(74)67(5)40(3)52(73)71-47(56(77)78)30-20-32-69(71)60(82)86-35-44-25-15-9-16-26-44;/h7-18,21-28,39-41,46-51H,19-20,29-38,65H2,1-6H3,(H,66,80)(H,77,78);1H/t40-,41+,46-,47+,48+,49-,50+,51+;/m1./s1. The number of hydrogen-bond donors (Lipinski definition) is 3. The smallest absolute Gasteiger partial charge is 0.429 e. The number of nitrogens with two attached hydrogens (primary N) is 1. The van der Waals surface area contributed by atoms with Crippen LogP contribution in [-0.2, 0) is 88.5 Å².